The Labute approximate surface area is 129 Å². The molecule has 7 heteroatoms. The van der Waals surface area contributed by atoms with Gasteiger partial charge in [0.05, 0.1) is 15.6 Å². The molecule has 0 amide bonds. The van der Waals surface area contributed by atoms with Crippen LogP contribution >= 0.6 is 23.4 Å². The molecule has 5 nitrogen and oxygen atoms in total. The molecule has 21 heavy (non-hydrogen) atoms. The minimum Gasteiger partial charge on any atom is -0.478 e. The number of carboxylic acid groups (broad SMARTS) is 1. The van der Waals surface area contributed by atoms with Gasteiger partial charge >= 0.3 is 5.97 Å². The van der Waals surface area contributed by atoms with Gasteiger partial charge in [0.15, 0.2) is 11.5 Å². The summed E-state index contributed by atoms with van der Waals surface area (Å²) in [5.41, 5.74) is 1.16. The van der Waals surface area contributed by atoms with Gasteiger partial charge in [0.25, 0.3) is 0 Å². The molecule has 0 atom stereocenters. The van der Waals surface area contributed by atoms with Crippen molar-refractivity contribution in [1.82, 2.24) is 4.98 Å². The molecule has 0 radical (unpaired) electrons. The van der Waals surface area contributed by atoms with E-state index in [4.69, 9.17) is 26.2 Å². The SMILES string of the molecule is O=C(O)c1ccc(SCc2cc(Cl)c3c(c2)OCO3)nc1. The highest BCUT2D eigenvalue weighted by molar-refractivity contribution is 7.98. The van der Waals surface area contributed by atoms with Gasteiger partial charge in [-0.05, 0) is 29.8 Å². The zero-order chi connectivity index (χ0) is 14.8. The van der Waals surface area contributed by atoms with Crippen molar-refractivity contribution in [1.29, 1.82) is 0 Å². The quantitative estimate of drug-likeness (QED) is 0.869. The summed E-state index contributed by atoms with van der Waals surface area (Å²) in [6.45, 7) is 0.184. The van der Waals surface area contributed by atoms with Crippen LogP contribution in [0, 0.1) is 0 Å². The van der Waals surface area contributed by atoms with E-state index in [0.29, 0.717) is 22.3 Å². The summed E-state index contributed by atoms with van der Waals surface area (Å²) in [4.78, 5) is 14.9. The number of nitrogens with zero attached hydrogens (tertiary/aromatic N) is 1. The van der Waals surface area contributed by atoms with Gasteiger partial charge in [-0.25, -0.2) is 9.78 Å². The molecule has 1 N–H and O–H groups in total. The highest BCUT2D eigenvalue weighted by Gasteiger charge is 2.18. The predicted molar refractivity (Wildman–Crippen MR) is 78.3 cm³/mol. The zero-order valence-electron chi connectivity index (χ0n) is 10.7. The number of ether oxygens (including phenoxy) is 2. The summed E-state index contributed by atoms with van der Waals surface area (Å²) < 4.78 is 10.6. The van der Waals surface area contributed by atoms with Crippen LogP contribution in [0.3, 0.4) is 0 Å². The number of rotatable bonds is 4. The van der Waals surface area contributed by atoms with E-state index in [2.05, 4.69) is 4.98 Å². The Kier molecular flexibility index (Phi) is 3.90. The fourth-order valence-corrected chi connectivity index (χ4v) is 2.91. The number of thioether (sulfide) groups is 1. The lowest BCUT2D eigenvalue weighted by Crippen LogP contribution is -1.96. The fourth-order valence-electron chi connectivity index (χ4n) is 1.85. The van der Waals surface area contributed by atoms with Crippen molar-refractivity contribution in [2.45, 2.75) is 10.8 Å². The first-order valence-electron chi connectivity index (χ1n) is 6.03. The lowest BCUT2D eigenvalue weighted by molar-refractivity contribution is 0.0696. The maximum Gasteiger partial charge on any atom is 0.337 e. The molecule has 2 aromatic rings. The van der Waals surface area contributed by atoms with Gasteiger partial charge in [-0.2, -0.15) is 0 Å². The van der Waals surface area contributed by atoms with Gasteiger partial charge in [0.2, 0.25) is 6.79 Å². The molecule has 0 saturated heterocycles. The van der Waals surface area contributed by atoms with E-state index in [0.717, 1.165) is 10.6 Å². The largest absolute Gasteiger partial charge is 0.478 e. The summed E-state index contributed by atoms with van der Waals surface area (Å²) in [6.07, 6.45) is 1.34. The Morgan fingerprint density at radius 3 is 2.95 bits per heavy atom. The third-order valence-corrected chi connectivity index (χ3v) is 4.15. The number of aromatic carboxylic acids is 1. The molecule has 1 aromatic carbocycles. The highest BCUT2D eigenvalue weighted by Crippen LogP contribution is 2.40. The van der Waals surface area contributed by atoms with Crippen LogP contribution in [0.5, 0.6) is 11.5 Å². The smallest absolute Gasteiger partial charge is 0.337 e. The van der Waals surface area contributed by atoms with Crippen molar-refractivity contribution in [2.24, 2.45) is 0 Å². The van der Waals surface area contributed by atoms with Gasteiger partial charge in [0.1, 0.15) is 0 Å². The Morgan fingerprint density at radius 2 is 2.24 bits per heavy atom. The fraction of sp³-hybridized carbons (Fsp3) is 0.143. The Morgan fingerprint density at radius 1 is 1.38 bits per heavy atom. The lowest BCUT2D eigenvalue weighted by Gasteiger charge is -2.05. The molecule has 0 spiro atoms. The maximum absolute atomic E-state index is 10.8. The number of halogens is 1. The van der Waals surface area contributed by atoms with E-state index in [1.54, 1.807) is 6.07 Å². The van der Waals surface area contributed by atoms with Crippen LogP contribution in [0.2, 0.25) is 5.02 Å². The number of carboxylic acids is 1. The van der Waals surface area contributed by atoms with E-state index < -0.39 is 5.97 Å². The number of benzene rings is 1. The van der Waals surface area contributed by atoms with Crippen LogP contribution in [0.15, 0.2) is 35.5 Å². The van der Waals surface area contributed by atoms with Crippen molar-refractivity contribution in [3.8, 4) is 11.5 Å². The van der Waals surface area contributed by atoms with Crippen LogP contribution < -0.4 is 9.47 Å². The second-order valence-corrected chi connectivity index (χ2v) is 5.69. The number of fused-ring (bicyclic) bond motifs is 1. The van der Waals surface area contributed by atoms with Crippen molar-refractivity contribution in [3.05, 3.63) is 46.6 Å². The van der Waals surface area contributed by atoms with E-state index in [1.165, 1.54) is 24.0 Å². The zero-order valence-corrected chi connectivity index (χ0v) is 12.3. The highest BCUT2D eigenvalue weighted by atomic mass is 35.5. The number of hydrogen-bond donors (Lipinski definition) is 1. The van der Waals surface area contributed by atoms with Crippen molar-refractivity contribution < 1.29 is 19.4 Å². The summed E-state index contributed by atoms with van der Waals surface area (Å²) in [6, 6.07) is 6.92. The van der Waals surface area contributed by atoms with Gasteiger partial charge in [-0.3, -0.25) is 0 Å². The second-order valence-electron chi connectivity index (χ2n) is 4.29. The number of carbonyl (C=O) groups is 1. The lowest BCUT2D eigenvalue weighted by atomic mass is 10.2. The molecule has 1 aromatic heterocycles. The van der Waals surface area contributed by atoms with Gasteiger partial charge in [0, 0.05) is 11.9 Å². The normalized spacial score (nSPS) is 12.4. The molecule has 0 fully saturated rings. The molecular weight excluding hydrogens is 314 g/mol. The average molecular weight is 324 g/mol. The molecule has 0 unspecified atom stereocenters. The molecule has 2 heterocycles. The second kappa shape index (κ2) is 5.83. The van der Waals surface area contributed by atoms with Crippen molar-refractivity contribution in [2.75, 3.05) is 6.79 Å². The Balaban J connectivity index is 1.70. The predicted octanol–water partition coefficient (Wildman–Crippen LogP) is 3.45. The molecule has 108 valence electrons. The van der Waals surface area contributed by atoms with E-state index in [9.17, 15) is 4.79 Å². The molecule has 0 aliphatic carbocycles. The molecule has 3 rings (SSSR count). The third-order valence-electron chi connectivity index (χ3n) is 2.86. The summed E-state index contributed by atoms with van der Waals surface area (Å²) in [5, 5.41) is 10.1. The van der Waals surface area contributed by atoms with Gasteiger partial charge in [-0.1, -0.05) is 11.6 Å². The van der Waals surface area contributed by atoms with Crippen molar-refractivity contribution in [3.63, 3.8) is 0 Å². The molecular formula is C14H10ClNO4S. The van der Waals surface area contributed by atoms with Crippen LogP contribution in [0.25, 0.3) is 0 Å². The monoisotopic (exact) mass is 323 g/mol. The van der Waals surface area contributed by atoms with Crippen LogP contribution in [-0.2, 0) is 5.75 Å². The van der Waals surface area contributed by atoms with E-state index in [-0.39, 0.29) is 12.4 Å². The van der Waals surface area contributed by atoms with Gasteiger partial charge in [-0.15, -0.1) is 11.8 Å². The van der Waals surface area contributed by atoms with Crippen LogP contribution in [0.4, 0.5) is 0 Å². The summed E-state index contributed by atoms with van der Waals surface area (Å²) in [7, 11) is 0. The van der Waals surface area contributed by atoms with Gasteiger partial charge < -0.3 is 14.6 Å². The number of hydrogen-bond acceptors (Lipinski definition) is 5. The number of pyridine rings is 1. The molecule has 0 bridgehead atoms. The first-order chi connectivity index (χ1) is 10.1. The summed E-state index contributed by atoms with van der Waals surface area (Å²) in [5.74, 6) is 0.888. The maximum atomic E-state index is 10.8. The standard InChI is InChI=1S/C14H10ClNO4S/c15-10-3-8(4-11-13(10)20-7-19-11)6-21-12-2-1-9(5-16-12)14(17)18/h1-5H,6-7H2,(H,17,18). The summed E-state index contributed by atoms with van der Waals surface area (Å²) >= 11 is 7.61. The molecule has 1 aliphatic heterocycles. The minimum atomic E-state index is -0.985. The molecule has 1 aliphatic rings. The number of aromatic nitrogens is 1. The van der Waals surface area contributed by atoms with Crippen LogP contribution in [-0.4, -0.2) is 22.9 Å². The molecule has 0 saturated carbocycles. The van der Waals surface area contributed by atoms with E-state index >= 15 is 0 Å². The topological polar surface area (TPSA) is 68.7 Å². The van der Waals surface area contributed by atoms with E-state index in [1.807, 2.05) is 12.1 Å². The third kappa shape index (κ3) is 3.06. The first-order valence-corrected chi connectivity index (χ1v) is 7.40. The van der Waals surface area contributed by atoms with Crippen molar-refractivity contribution >= 4 is 29.3 Å². The average Bonchev–Trinajstić information content (AvgIpc) is 2.94. The minimum absolute atomic E-state index is 0.172. The first kappa shape index (κ1) is 14.0. The Hall–Kier alpha value is -1.92. The van der Waals surface area contributed by atoms with Crippen LogP contribution in [0.1, 0.15) is 15.9 Å². The Bertz CT molecular complexity index is 690.